The summed E-state index contributed by atoms with van der Waals surface area (Å²) >= 11 is 7.52. The van der Waals surface area contributed by atoms with E-state index in [0.29, 0.717) is 10.7 Å². The van der Waals surface area contributed by atoms with Gasteiger partial charge in [0, 0.05) is 34.6 Å². The van der Waals surface area contributed by atoms with Crippen molar-refractivity contribution in [1.82, 2.24) is 10.3 Å². The molecule has 0 fully saturated rings. The number of nitrogens with one attached hydrogen (secondary N) is 2. The average molecular weight is 384 g/mol. The van der Waals surface area contributed by atoms with Gasteiger partial charge in [-0.15, -0.1) is 11.3 Å². The molecule has 132 valence electrons. The number of anilines is 1. The fourth-order valence-electron chi connectivity index (χ4n) is 3.08. The van der Waals surface area contributed by atoms with Crippen LogP contribution in [0.2, 0.25) is 5.02 Å². The van der Waals surface area contributed by atoms with Gasteiger partial charge in [0.15, 0.2) is 5.13 Å². The molecule has 1 aliphatic heterocycles. The second-order valence-electron chi connectivity index (χ2n) is 6.30. The quantitative estimate of drug-likeness (QED) is 0.706. The lowest BCUT2D eigenvalue weighted by Gasteiger charge is -2.17. The van der Waals surface area contributed by atoms with Gasteiger partial charge < -0.3 is 5.32 Å². The summed E-state index contributed by atoms with van der Waals surface area (Å²) in [5.74, 6) is -0.116. The largest absolute Gasteiger partial charge is 0.312 e. The maximum atomic E-state index is 12.5. The first-order chi connectivity index (χ1) is 12.7. The van der Waals surface area contributed by atoms with Crippen molar-refractivity contribution in [2.24, 2.45) is 0 Å². The number of carbonyl (C=O) groups is 1. The minimum Gasteiger partial charge on any atom is -0.312 e. The molecule has 0 atom stereocenters. The molecule has 0 aliphatic carbocycles. The van der Waals surface area contributed by atoms with Crippen LogP contribution < -0.4 is 10.6 Å². The molecule has 0 saturated carbocycles. The second-order valence-corrected chi connectivity index (χ2v) is 7.85. The SMILES string of the molecule is O=C(Nc1ncc(Cc2cccc(Cl)c2)s1)c1ccc2c(c1)CCNC2. The van der Waals surface area contributed by atoms with Crippen LogP contribution >= 0.6 is 22.9 Å². The molecule has 4 nitrogen and oxygen atoms in total. The Morgan fingerprint density at radius 2 is 2.15 bits per heavy atom. The van der Waals surface area contributed by atoms with E-state index in [-0.39, 0.29) is 5.91 Å². The van der Waals surface area contributed by atoms with Crippen molar-refractivity contribution in [1.29, 1.82) is 0 Å². The third-order valence-corrected chi connectivity index (χ3v) is 5.54. The van der Waals surface area contributed by atoms with Gasteiger partial charge in [-0.3, -0.25) is 10.1 Å². The lowest BCUT2D eigenvalue weighted by molar-refractivity contribution is 0.102. The zero-order chi connectivity index (χ0) is 17.9. The molecule has 4 rings (SSSR count). The van der Waals surface area contributed by atoms with Gasteiger partial charge in [0.25, 0.3) is 5.91 Å². The molecule has 0 unspecified atom stereocenters. The molecule has 3 aromatic rings. The number of rotatable bonds is 4. The van der Waals surface area contributed by atoms with Gasteiger partial charge >= 0.3 is 0 Å². The van der Waals surface area contributed by atoms with E-state index >= 15 is 0 Å². The Bertz CT molecular complexity index is 954. The van der Waals surface area contributed by atoms with Crippen molar-refractivity contribution in [3.63, 3.8) is 0 Å². The Balaban J connectivity index is 1.44. The molecule has 1 aliphatic rings. The van der Waals surface area contributed by atoms with Gasteiger partial charge in [-0.2, -0.15) is 0 Å². The lowest BCUT2D eigenvalue weighted by Crippen LogP contribution is -2.24. The predicted octanol–water partition coefficient (Wildman–Crippen LogP) is 4.29. The molecule has 1 amide bonds. The molecule has 0 bridgehead atoms. The van der Waals surface area contributed by atoms with Crippen LogP contribution in [-0.2, 0) is 19.4 Å². The van der Waals surface area contributed by atoms with Gasteiger partial charge in [0.05, 0.1) is 0 Å². The Kier molecular flexibility index (Phi) is 5.02. The van der Waals surface area contributed by atoms with Crippen LogP contribution in [0.3, 0.4) is 0 Å². The standard InChI is InChI=1S/C20H18ClN3OS/c21-17-3-1-2-13(8-17)9-18-12-23-20(26-18)24-19(25)15-4-5-16-11-22-7-6-14(16)10-15/h1-5,8,10,12,22H,6-7,9,11H2,(H,23,24,25). The number of benzene rings is 2. The van der Waals surface area contributed by atoms with Crippen molar-refractivity contribution in [3.8, 4) is 0 Å². The number of fused-ring (bicyclic) bond motifs is 1. The highest BCUT2D eigenvalue weighted by molar-refractivity contribution is 7.15. The first-order valence-corrected chi connectivity index (χ1v) is 9.70. The summed E-state index contributed by atoms with van der Waals surface area (Å²) in [5.41, 5.74) is 4.32. The van der Waals surface area contributed by atoms with Gasteiger partial charge in [-0.1, -0.05) is 29.8 Å². The number of hydrogen-bond donors (Lipinski definition) is 2. The number of thiazole rings is 1. The zero-order valence-corrected chi connectivity index (χ0v) is 15.7. The molecule has 1 aromatic heterocycles. The molecule has 0 radical (unpaired) electrons. The number of nitrogens with zero attached hydrogens (tertiary/aromatic N) is 1. The molecule has 2 heterocycles. The van der Waals surface area contributed by atoms with E-state index in [0.717, 1.165) is 41.4 Å². The van der Waals surface area contributed by atoms with Gasteiger partial charge in [-0.05, 0) is 53.9 Å². The Labute approximate surface area is 161 Å². The summed E-state index contributed by atoms with van der Waals surface area (Å²) < 4.78 is 0. The number of amides is 1. The first-order valence-electron chi connectivity index (χ1n) is 8.50. The van der Waals surface area contributed by atoms with Crippen molar-refractivity contribution in [3.05, 3.63) is 80.8 Å². The van der Waals surface area contributed by atoms with E-state index in [4.69, 9.17) is 11.6 Å². The van der Waals surface area contributed by atoms with Crippen LogP contribution in [0.15, 0.2) is 48.7 Å². The smallest absolute Gasteiger partial charge is 0.257 e. The summed E-state index contributed by atoms with van der Waals surface area (Å²) in [4.78, 5) is 17.9. The molecule has 2 aromatic carbocycles. The summed E-state index contributed by atoms with van der Waals surface area (Å²) in [6, 6.07) is 13.7. The maximum absolute atomic E-state index is 12.5. The number of halogens is 1. The van der Waals surface area contributed by atoms with E-state index in [1.807, 2.05) is 42.5 Å². The third kappa shape index (κ3) is 3.96. The maximum Gasteiger partial charge on any atom is 0.257 e. The van der Waals surface area contributed by atoms with Crippen molar-refractivity contribution in [2.45, 2.75) is 19.4 Å². The van der Waals surface area contributed by atoms with E-state index < -0.39 is 0 Å². The Hall–Kier alpha value is -2.21. The molecule has 0 saturated heterocycles. The Morgan fingerprint density at radius 1 is 1.23 bits per heavy atom. The fourth-order valence-corrected chi connectivity index (χ4v) is 4.14. The van der Waals surface area contributed by atoms with E-state index in [2.05, 4.69) is 15.6 Å². The third-order valence-electron chi connectivity index (χ3n) is 4.40. The van der Waals surface area contributed by atoms with Gasteiger partial charge in [-0.25, -0.2) is 4.98 Å². The van der Waals surface area contributed by atoms with Crippen LogP contribution in [0, 0.1) is 0 Å². The molecule has 0 spiro atoms. The zero-order valence-electron chi connectivity index (χ0n) is 14.1. The van der Waals surface area contributed by atoms with E-state index in [1.54, 1.807) is 6.20 Å². The minimum atomic E-state index is -0.116. The normalized spacial score (nSPS) is 13.3. The summed E-state index contributed by atoms with van der Waals surface area (Å²) in [6.07, 6.45) is 3.51. The van der Waals surface area contributed by atoms with E-state index in [9.17, 15) is 4.79 Å². The van der Waals surface area contributed by atoms with Crippen molar-refractivity contribution < 1.29 is 4.79 Å². The van der Waals surface area contributed by atoms with Crippen LogP contribution in [0.25, 0.3) is 0 Å². The van der Waals surface area contributed by atoms with E-state index in [1.165, 1.54) is 22.5 Å². The fraction of sp³-hybridized carbons (Fsp3) is 0.200. The van der Waals surface area contributed by atoms with Crippen LogP contribution in [-0.4, -0.2) is 17.4 Å². The topological polar surface area (TPSA) is 54.0 Å². The Morgan fingerprint density at radius 3 is 3.04 bits per heavy atom. The molecule has 26 heavy (non-hydrogen) atoms. The second kappa shape index (κ2) is 7.58. The van der Waals surface area contributed by atoms with Crippen molar-refractivity contribution in [2.75, 3.05) is 11.9 Å². The number of hydrogen-bond acceptors (Lipinski definition) is 4. The van der Waals surface area contributed by atoms with Crippen molar-refractivity contribution >= 4 is 34.0 Å². The first kappa shape index (κ1) is 17.2. The summed E-state index contributed by atoms with van der Waals surface area (Å²) in [7, 11) is 0. The highest BCUT2D eigenvalue weighted by Crippen LogP contribution is 2.23. The van der Waals surface area contributed by atoms with Crippen LogP contribution in [0.4, 0.5) is 5.13 Å². The van der Waals surface area contributed by atoms with Gasteiger partial charge in [0.1, 0.15) is 0 Å². The number of aromatic nitrogens is 1. The van der Waals surface area contributed by atoms with Crippen LogP contribution in [0.5, 0.6) is 0 Å². The minimum absolute atomic E-state index is 0.116. The highest BCUT2D eigenvalue weighted by atomic mass is 35.5. The average Bonchev–Trinajstić information content (AvgIpc) is 3.08. The molecular weight excluding hydrogens is 366 g/mol. The number of carbonyl (C=O) groups excluding carboxylic acids is 1. The molecule has 2 N–H and O–H groups in total. The summed E-state index contributed by atoms with van der Waals surface area (Å²) in [6.45, 7) is 1.83. The monoisotopic (exact) mass is 383 g/mol. The predicted molar refractivity (Wildman–Crippen MR) is 106 cm³/mol. The van der Waals surface area contributed by atoms with Gasteiger partial charge in [0.2, 0.25) is 0 Å². The molecule has 6 heteroatoms. The lowest BCUT2D eigenvalue weighted by atomic mass is 9.98. The highest BCUT2D eigenvalue weighted by Gasteiger charge is 2.14. The van der Waals surface area contributed by atoms with Crippen LogP contribution in [0.1, 0.15) is 31.9 Å². The molecular formula is C20H18ClN3OS. The summed E-state index contributed by atoms with van der Waals surface area (Å²) in [5, 5.41) is 7.59.